The number of thiocyanates is 1. The van der Waals surface area contributed by atoms with E-state index in [4.69, 9.17) is 5.26 Å². The number of rotatable bonds is 8. The first kappa shape index (κ1) is 15.2. The van der Waals surface area contributed by atoms with Crippen LogP contribution >= 0.6 is 11.8 Å². The van der Waals surface area contributed by atoms with E-state index >= 15 is 0 Å². The van der Waals surface area contributed by atoms with Gasteiger partial charge in [-0.2, -0.15) is 5.26 Å². The van der Waals surface area contributed by atoms with Crippen LogP contribution in [0.15, 0.2) is 0 Å². The van der Waals surface area contributed by atoms with Crippen LogP contribution in [0.1, 0.15) is 52.9 Å². The van der Waals surface area contributed by atoms with Crippen molar-refractivity contribution in [2.24, 2.45) is 0 Å². The number of hydrogen-bond donors (Lipinski definition) is 0. The lowest BCUT2D eigenvalue weighted by Gasteiger charge is -2.24. The van der Waals surface area contributed by atoms with Gasteiger partial charge in [-0.25, -0.2) is 0 Å². The summed E-state index contributed by atoms with van der Waals surface area (Å²) in [6.45, 7) is 4.89. The molecule has 0 aliphatic rings. The third-order valence-electron chi connectivity index (χ3n) is 2.74. The SMILES string of the molecule is CCCCCCC(SC#N)(C(C)=O)C(C)=O. The van der Waals surface area contributed by atoms with Gasteiger partial charge in [0.2, 0.25) is 0 Å². The molecule has 0 aromatic rings. The number of carbonyl (C=O) groups excluding carboxylic acids is 2. The Morgan fingerprint density at radius 3 is 2.12 bits per heavy atom. The van der Waals surface area contributed by atoms with E-state index < -0.39 is 4.75 Å². The van der Waals surface area contributed by atoms with Crippen LogP contribution in [0.25, 0.3) is 0 Å². The Kier molecular flexibility index (Phi) is 7.07. The third-order valence-corrected chi connectivity index (χ3v) is 3.96. The number of nitrogens with zero attached hydrogens (tertiary/aromatic N) is 1. The van der Waals surface area contributed by atoms with Gasteiger partial charge in [-0.15, -0.1) is 0 Å². The number of Topliss-reactive ketones (excluding diaryl/α,β-unsaturated/α-hetero) is 2. The van der Waals surface area contributed by atoms with E-state index in [1.807, 2.05) is 5.40 Å². The third kappa shape index (κ3) is 3.97. The summed E-state index contributed by atoms with van der Waals surface area (Å²) < 4.78 is -1.12. The fourth-order valence-electron chi connectivity index (χ4n) is 1.67. The van der Waals surface area contributed by atoms with Crippen molar-refractivity contribution in [3.8, 4) is 5.40 Å². The van der Waals surface area contributed by atoms with Crippen LogP contribution in [0.3, 0.4) is 0 Å². The zero-order chi connectivity index (χ0) is 12.6. The van der Waals surface area contributed by atoms with Crippen molar-refractivity contribution < 1.29 is 9.59 Å². The molecule has 0 bridgehead atoms. The molecule has 0 heterocycles. The van der Waals surface area contributed by atoms with E-state index in [-0.39, 0.29) is 11.6 Å². The highest BCUT2D eigenvalue weighted by Crippen LogP contribution is 2.32. The quantitative estimate of drug-likeness (QED) is 0.372. The largest absolute Gasteiger partial charge is 0.298 e. The Hall–Kier alpha value is -0.820. The number of hydrogen-bond acceptors (Lipinski definition) is 4. The zero-order valence-corrected chi connectivity index (χ0v) is 11.0. The van der Waals surface area contributed by atoms with Gasteiger partial charge >= 0.3 is 0 Å². The lowest BCUT2D eigenvalue weighted by Crippen LogP contribution is -2.40. The Bertz CT molecular complexity index is 280. The molecule has 0 radical (unpaired) electrons. The molecule has 0 N–H and O–H groups in total. The fourth-order valence-corrected chi connectivity index (χ4v) is 2.36. The maximum absolute atomic E-state index is 11.6. The molecule has 0 aromatic carbocycles. The van der Waals surface area contributed by atoms with Crippen molar-refractivity contribution in [1.29, 1.82) is 5.26 Å². The molecule has 0 aromatic heterocycles. The van der Waals surface area contributed by atoms with Gasteiger partial charge in [0, 0.05) is 0 Å². The fraction of sp³-hybridized carbons (Fsp3) is 0.750. The first-order chi connectivity index (χ1) is 7.51. The van der Waals surface area contributed by atoms with Gasteiger partial charge in [0.25, 0.3) is 0 Å². The van der Waals surface area contributed by atoms with Gasteiger partial charge in [0.1, 0.15) is 10.1 Å². The number of ketones is 2. The first-order valence-electron chi connectivity index (χ1n) is 5.60. The van der Waals surface area contributed by atoms with E-state index in [1.165, 1.54) is 13.8 Å². The molecular weight excluding hydrogens is 222 g/mol. The number of unbranched alkanes of at least 4 members (excludes halogenated alkanes) is 3. The normalized spacial score (nSPS) is 10.9. The second kappa shape index (κ2) is 7.45. The molecule has 4 heteroatoms. The van der Waals surface area contributed by atoms with E-state index in [0.29, 0.717) is 6.42 Å². The van der Waals surface area contributed by atoms with Crippen LogP contribution in [0, 0.1) is 10.7 Å². The van der Waals surface area contributed by atoms with Crippen LogP contribution in [0.4, 0.5) is 0 Å². The van der Waals surface area contributed by atoms with E-state index in [1.54, 1.807) is 0 Å². The van der Waals surface area contributed by atoms with Gasteiger partial charge in [-0.1, -0.05) is 32.6 Å². The van der Waals surface area contributed by atoms with Gasteiger partial charge in [0.15, 0.2) is 11.6 Å². The minimum Gasteiger partial charge on any atom is -0.298 e. The standard InChI is InChI=1S/C12H19NO2S/c1-4-5-6-7-8-12(10(2)14,11(3)15)16-9-13/h4-8H2,1-3H3. The molecule has 0 spiro atoms. The molecule has 3 nitrogen and oxygen atoms in total. The molecule has 16 heavy (non-hydrogen) atoms. The van der Waals surface area contributed by atoms with Crippen LogP contribution in [-0.4, -0.2) is 16.3 Å². The summed E-state index contributed by atoms with van der Waals surface area (Å²) in [5.74, 6) is -0.411. The van der Waals surface area contributed by atoms with Gasteiger partial charge in [-0.05, 0) is 32.0 Å². The predicted molar refractivity (Wildman–Crippen MR) is 66.1 cm³/mol. The van der Waals surface area contributed by atoms with E-state index in [0.717, 1.165) is 37.4 Å². The Labute approximate surface area is 102 Å². The van der Waals surface area contributed by atoms with E-state index in [2.05, 4.69) is 6.92 Å². The summed E-state index contributed by atoms with van der Waals surface area (Å²) in [4.78, 5) is 23.1. The van der Waals surface area contributed by atoms with Crippen molar-refractivity contribution in [3.63, 3.8) is 0 Å². The monoisotopic (exact) mass is 241 g/mol. The van der Waals surface area contributed by atoms with Crippen molar-refractivity contribution in [1.82, 2.24) is 0 Å². The average Bonchev–Trinajstić information content (AvgIpc) is 2.21. The number of thioether (sulfide) groups is 1. The molecule has 0 aliphatic heterocycles. The molecule has 0 aliphatic carbocycles. The summed E-state index contributed by atoms with van der Waals surface area (Å²) in [5.41, 5.74) is 0. The molecule has 90 valence electrons. The number of carbonyl (C=O) groups is 2. The Morgan fingerprint density at radius 1 is 1.19 bits per heavy atom. The molecule has 0 fully saturated rings. The summed E-state index contributed by atoms with van der Waals surface area (Å²) in [6, 6.07) is 0. The highest BCUT2D eigenvalue weighted by Gasteiger charge is 2.40. The molecule has 0 atom stereocenters. The zero-order valence-electron chi connectivity index (χ0n) is 10.2. The molecule has 0 rings (SSSR count). The minimum absolute atomic E-state index is 0.206. The highest BCUT2D eigenvalue weighted by molar-refractivity contribution is 8.06. The lowest BCUT2D eigenvalue weighted by atomic mass is 9.92. The molecule has 0 saturated heterocycles. The van der Waals surface area contributed by atoms with Crippen LogP contribution in [-0.2, 0) is 9.59 Å². The average molecular weight is 241 g/mol. The summed E-state index contributed by atoms with van der Waals surface area (Å²) >= 11 is 0.805. The van der Waals surface area contributed by atoms with Crippen molar-refractivity contribution in [2.75, 3.05) is 0 Å². The summed E-state index contributed by atoms with van der Waals surface area (Å²) in [5, 5.41) is 10.6. The Balaban J connectivity index is 4.59. The second-order valence-corrected chi connectivity index (χ2v) is 5.03. The van der Waals surface area contributed by atoms with Crippen molar-refractivity contribution in [3.05, 3.63) is 0 Å². The van der Waals surface area contributed by atoms with E-state index in [9.17, 15) is 9.59 Å². The molecule has 0 saturated carbocycles. The maximum atomic E-state index is 11.6. The summed E-state index contributed by atoms with van der Waals surface area (Å²) in [6.07, 6.45) is 4.52. The van der Waals surface area contributed by atoms with Crippen molar-refractivity contribution in [2.45, 2.75) is 57.6 Å². The van der Waals surface area contributed by atoms with Gasteiger partial charge < -0.3 is 0 Å². The highest BCUT2D eigenvalue weighted by atomic mass is 32.2. The smallest absolute Gasteiger partial charge is 0.154 e. The van der Waals surface area contributed by atoms with Gasteiger partial charge in [-0.3, -0.25) is 9.59 Å². The molecule has 0 amide bonds. The minimum atomic E-state index is -1.12. The van der Waals surface area contributed by atoms with Crippen LogP contribution in [0.2, 0.25) is 0 Å². The lowest BCUT2D eigenvalue weighted by molar-refractivity contribution is -0.128. The maximum Gasteiger partial charge on any atom is 0.154 e. The summed E-state index contributed by atoms with van der Waals surface area (Å²) in [7, 11) is 0. The first-order valence-corrected chi connectivity index (χ1v) is 6.42. The number of nitriles is 1. The topological polar surface area (TPSA) is 57.9 Å². The van der Waals surface area contributed by atoms with Gasteiger partial charge in [0.05, 0.1) is 0 Å². The van der Waals surface area contributed by atoms with Crippen LogP contribution < -0.4 is 0 Å². The van der Waals surface area contributed by atoms with Crippen molar-refractivity contribution >= 4 is 23.3 Å². The Morgan fingerprint density at radius 2 is 1.75 bits per heavy atom. The molecular formula is C12H19NO2S. The molecule has 0 unspecified atom stereocenters. The second-order valence-electron chi connectivity index (χ2n) is 3.94. The van der Waals surface area contributed by atoms with Crippen LogP contribution in [0.5, 0.6) is 0 Å². The predicted octanol–water partition coefficient (Wildman–Crippen LogP) is 3.09.